The highest BCUT2D eigenvalue weighted by molar-refractivity contribution is 7.08. The van der Waals surface area contributed by atoms with Crippen LogP contribution in [0.15, 0.2) is 10.9 Å². The number of aromatic nitrogens is 1. The second kappa shape index (κ2) is 4.64. The van der Waals surface area contributed by atoms with Gasteiger partial charge < -0.3 is 9.39 Å². The third-order valence-corrected chi connectivity index (χ3v) is 3.49. The van der Waals surface area contributed by atoms with Crippen LogP contribution in [0.2, 0.25) is 0 Å². The zero-order valence-corrected chi connectivity index (χ0v) is 10.7. The predicted molar refractivity (Wildman–Crippen MR) is 63.8 cm³/mol. The molecule has 1 aromatic heterocycles. The lowest BCUT2D eigenvalue weighted by atomic mass is 9.85. The Morgan fingerprint density at radius 3 is 2.40 bits per heavy atom. The monoisotopic (exact) mass is 226 g/mol. The second-order valence-electron chi connectivity index (χ2n) is 4.37. The van der Waals surface area contributed by atoms with Gasteiger partial charge in [-0.2, -0.15) is 0 Å². The van der Waals surface area contributed by atoms with E-state index in [-0.39, 0.29) is 5.60 Å². The third kappa shape index (κ3) is 3.03. The van der Waals surface area contributed by atoms with Crippen molar-refractivity contribution in [1.82, 2.24) is 4.98 Å². The van der Waals surface area contributed by atoms with Gasteiger partial charge in [-0.1, -0.05) is 0 Å². The van der Waals surface area contributed by atoms with E-state index in [0.717, 1.165) is 5.59 Å². The van der Waals surface area contributed by atoms with E-state index in [0.29, 0.717) is 0 Å². The molecular formula is C10H17BNO2S. The Hall–Kier alpha value is -0.385. The highest BCUT2D eigenvalue weighted by Gasteiger charge is 2.37. The fourth-order valence-electron chi connectivity index (χ4n) is 0.875. The number of thiazole rings is 1. The number of rotatable bonds is 5. The van der Waals surface area contributed by atoms with Crippen LogP contribution in [0, 0.1) is 0 Å². The summed E-state index contributed by atoms with van der Waals surface area (Å²) in [5.41, 5.74) is 1.88. The molecule has 0 spiro atoms. The molecule has 0 unspecified atom stereocenters. The topological polar surface area (TPSA) is 31.4 Å². The Bertz CT molecular complexity index is 298. The summed E-state index contributed by atoms with van der Waals surface area (Å²) in [4.78, 5) is 4.12. The Morgan fingerprint density at radius 1 is 1.27 bits per heavy atom. The fraction of sp³-hybridized carbons (Fsp3) is 0.700. The Balaban J connectivity index is 2.57. The van der Waals surface area contributed by atoms with Crippen LogP contribution in [-0.4, -0.2) is 30.8 Å². The van der Waals surface area contributed by atoms with Crippen LogP contribution in [0.4, 0.5) is 0 Å². The fourth-order valence-corrected chi connectivity index (χ4v) is 1.37. The lowest BCUT2D eigenvalue weighted by molar-refractivity contribution is -0.114. The van der Waals surface area contributed by atoms with Crippen LogP contribution in [0.3, 0.4) is 0 Å². The van der Waals surface area contributed by atoms with Gasteiger partial charge in [-0.05, 0) is 27.7 Å². The molecule has 0 aliphatic heterocycles. The molecule has 0 amide bonds. The van der Waals surface area contributed by atoms with Crippen LogP contribution < -0.4 is 5.59 Å². The van der Waals surface area contributed by atoms with Gasteiger partial charge in [0.25, 0.3) is 0 Å². The minimum atomic E-state index is -0.397. The van der Waals surface area contributed by atoms with Crippen molar-refractivity contribution in [3.8, 4) is 0 Å². The number of nitrogens with zero attached hydrogens (tertiary/aromatic N) is 1. The molecule has 0 aromatic carbocycles. The summed E-state index contributed by atoms with van der Waals surface area (Å²) in [6, 6.07) is 0. The Morgan fingerprint density at radius 2 is 1.93 bits per heavy atom. The molecule has 3 nitrogen and oxygen atoms in total. The van der Waals surface area contributed by atoms with E-state index >= 15 is 0 Å². The molecule has 1 heterocycles. The molecule has 5 heteroatoms. The van der Waals surface area contributed by atoms with Crippen LogP contribution in [0.1, 0.15) is 27.7 Å². The average Bonchev–Trinajstić information content (AvgIpc) is 2.67. The number of ether oxygens (including phenoxy) is 1. The van der Waals surface area contributed by atoms with Crippen molar-refractivity contribution in [2.24, 2.45) is 0 Å². The summed E-state index contributed by atoms with van der Waals surface area (Å²) in [5, 5.41) is 1.94. The summed E-state index contributed by atoms with van der Waals surface area (Å²) in [6.45, 7) is 8.00. The van der Waals surface area contributed by atoms with E-state index in [2.05, 4.69) is 4.98 Å². The highest BCUT2D eigenvalue weighted by Crippen LogP contribution is 2.27. The Kier molecular flexibility index (Phi) is 3.92. The smallest absolute Gasteiger partial charge is 0.352 e. The first-order valence-electron chi connectivity index (χ1n) is 4.83. The first-order chi connectivity index (χ1) is 6.89. The van der Waals surface area contributed by atoms with Crippen molar-refractivity contribution in [1.29, 1.82) is 0 Å². The molecule has 0 aliphatic rings. The lowest BCUT2D eigenvalue weighted by Crippen LogP contribution is -2.50. The van der Waals surface area contributed by atoms with Crippen LogP contribution in [-0.2, 0) is 9.39 Å². The predicted octanol–water partition coefficient (Wildman–Crippen LogP) is 1.61. The van der Waals surface area contributed by atoms with Crippen LogP contribution >= 0.6 is 11.3 Å². The van der Waals surface area contributed by atoms with Gasteiger partial charge in [0.15, 0.2) is 0 Å². The summed E-state index contributed by atoms with van der Waals surface area (Å²) in [5.74, 6) is 0. The van der Waals surface area contributed by atoms with Crippen molar-refractivity contribution in [3.63, 3.8) is 0 Å². The first-order valence-corrected chi connectivity index (χ1v) is 5.78. The van der Waals surface area contributed by atoms with E-state index in [1.807, 2.05) is 33.1 Å². The number of hydrogen-bond acceptors (Lipinski definition) is 4. The normalized spacial score (nSPS) is 12.9. The van der Waals surface area contributed by atoms with Gasteiger partial charge in [0.05, 0.1) is 16.7 Å². The SMILES string of the molecule is COC(C)(C)C(C)(C)O[B]c1cscn1. The minimum Gasteiger partial charge on any atom is -0.425 e. The quantitative estimate of drug-likeness (QED) is 0.714. The summed E-state index contributed by atoms with van der Waals surface area (Å²) < 4.78 is 11.1. The van der Waals surface area contributed by atoms with E-state index in [4.69, 9.17) is 9.39 Å². The zero-order valence-electron chi connectivity index (χ0n) is 9.90. The van der Waals surface area contributed by atoms with Crippen molar-refractivity contribution in [2.45, 2.75) is 38.9 Å². The number of methoxy groups -OCH3 is 1. The molecule has 1 rings (SSSR count). The first kappa shape index (κ1) is 12.7. The standard InChI is InChI=1S/C10H17BNO2S/c1-9(2,13-5)10(3,4)14-11-8-6-15-7-12-8/h6-7H,1-5H3. The van der Waals surface area contributed by atoms with Crippen molar-refractivity contribution < 1.29 is 9.39 Å². The van der Waals surface area contributed by atoms with Gasteiger partial charge in [0.2, 0.25) is 0 Å². The number of hydrogen-bond donors (Lipinski definition) is 0. The molecule has 0 N–H and O–H groups in total. The molecule has 0 atom stereocenters. The maximum absolute atomic E-state index is 5.72. The van der Waals surface area contributed by atoms with E-state index in [1.165, 1.54) is 0 Å². The van der Waals surface area contributed by atoms with Crippen LogP contribution in [0.25, 0.3) is 0 Å². The zero-order chi connectivity index (χ0) is 11.5. The summed E-state index contributed by atoms with van der Waals surface area (Å²) in [6.07, 6.45) is 0. The molecule has 0 bridgehead atoms. The van der Waals surface area contributed by atoms with Crippen molar-refractivity contribution in [2.75, 3.05) is 7.11 Å². The van der Waals surface area contributed by atoms with Gasteiger partial charge in [0.1, 0.15) is 0 Å². The maximum atomic E-state index is 5.72. The second-order valence-corrected chi connectivity index (χ2v) is 5.09. The van der Waals surface area contributed by atoms with E-state index < -0.39 is 5.60 Å². The molecule has 0 fully saturated rings. The van der Waals surface area contributed by atoms with Gasteiger partial charge in [0, 0.05) is 18.1 Å². The van der Waals surface area contributed by atoms with Gasteiger partial charge >= 0.3 is 7.48 Å². The van der Waals surface area contributed by atoms with Gasteiger partial charge in [-0.3, -0.25) is 4.98 Å². The molecule has 0 aliphatic carbocycles. The summed E-state index contributed by atoms with van der Waals surface area (Å²) in [7, 11) is 3.37. The molecular weight excluding hydrogens is 209 g/mol. The lowest BCUT2D eigenvalue weighted by Gasteiger charge is -2.40. The van der Waals surface area contributed by atoms with Crippen LogP contribution in [0.5, 0.6) is 0 Å². The molecule has 15 heavy (non-hydrogen) atoms. The van der Waals surface area contributed by atoms with Gasteiger partial charge in [-0.15, -0.1) is 11.3 Å². The van der Waals surface area contributed by atoms with Crippen molar-refractivity contribution >= 4 is 24.4 Å². The maximum Gasteiger partial charge on any atom is 0.352 e. The third-order valence-electron chi connectivity index (χ3n) is 2.89. The van der Waals surface area contributed by atoms with Crippen molar-refractivity contribution in [3.05, 3.63) is 10.9 Å². The molecule has 0 saturated carbocycles. The molecule has 1 radical (unpaired) electrons. The average molecular weight is 226 g/mol. The molecule has 0 saturated heterocycles. The molecule has 83 valence electrons. The van der Waals surface area contributed by atoms with E-state index in [9.17, 15) is 0 Å². The largest absolute Gasteiger partial charge is 0.425 e. The van der Waals surface area contributed by atoms with Gasteiger partial charge in [-0.25, -0.2) is 0 Å². The summed E-state index contributed by atoms with van der Waals surface area (Å²) >= 11 is 1.55. The Labute approximate surface area is 96.1 Å². The highest BCUT2D eigenvalue weighted by atomic mass is 32.1. The minimum absolute atomic E-state index is 0.348. The van der Waals surface area contributed by atoms with E-state index in [1.54, 1.807) is 31.4 Å². The molecule has 1 aromatic rings.